The average molecular weight is 336 g/mol. The fourth-order valence-corrected chi connectivity index (χ4v) is 2.70. The first kappa shape index (κ1) is 18.4. The van der Waals surface area contributed by atoms with Crippen LogP contribution in [0.25, 0.3) is 0 Å². The van der Waals surface area contributed by atoms with Gasteiger partial charge in [-0.2, -0.15) is 0 Å². The number of phenols is 1. The molecule has 1 aliphatic heterocycles. The number of ether oxygens (including phenoxy) is 2. The summed E-state index contributed by atoms with van der Waals surface area (Å²) in [5.74, 6) is 1.23. The van der Waals surface area contributed by atoms with Crippen molar-refractivity contribution in [3.8, 4) is 5.75 Å². The number of benzene rings is 1. The molecule has 1 aromatic rings. The third kappa shape index (κ3) is 5.28. The molecule has 134 valence electrons. The highest BCUT2D eigenvalue weighted by atomic mass is 16.5. The first-order valence-corrected chi connectivity index (χ1v) is 8.31. The molecule has 1 heterocycles. The predicted octanol–water partition coefficient (Wildman–Crippen LogP) is 0.753. The number of hydrogen-bond donors (Lipinski definition) is 2. The maximum absolute atomic E-state index is 9.97. The predicted molar refractivity (Wildman–Crippen MR) is 95.9 cm³/mol. The zero-order chi connectivity index (χ0) is 17.2. The van der Waals surface area contributed by atoms with E-state index >= 15 is 0 Å². The Balaban J connectivity index is 1.75. The fourth-order valence-electron chi connectivity index (χ4n) is 2.70. The van der Waals surface area contributed by atoms with Crippen molar-refractivity contribution < 1.29 is 14.6 Å². The smallest absolute Gasteiger partial charge is 0.193 e. The van der Waals surface area contributed by atoms with Gasteiger partial charge in [-0.15, -0.1) is 0 Å². The third-order valence-electron chi connectivity index (χ3n) is 3.97. The molecule has 7 nitrogen and oxygen atoms in total. The van der Waals surface area contributed by atoms with E-state index in [4.69, 9.17) is 9.47 Å². The van der Waals surface area contributed by atoms with Gasteiger partial charge in [0.1, 0.15) is 5.75 Å². The number of aliphatic imine (C=N–C) groups is 1. The van der Waals surface area contributed by atoms with Gasteiger partial charge in [0.05, 0.1) is 25.5 Å². The molecule has 0 aliphatic carbocycles. The Kier molecular flexibility index (Phi) is 7.64. The molecular weight excluding hydrogens is 308 g/mol. The Morgan fingerprint density at radius 1 is 1.17 bits per heavy atom. The molecule has 0 unspecified atom stereocenters. The lowest BCUT2D eigenvalue weighted by atomic mass is 10.2. The van der Waals surface area contributed by atoms with E-state index in [0.717, 1.165) is 44.4 Å². The van der Waals surface area contributed by atoms with E-state index in [1.807, 2.05) is 18.2 Å². The third-order valence-corrected chi connectivity index (χ3v) is 3.97. The number of phenolic OH excluding ortho intramolecular Hbond substituents is 1. The van der Waals surface area contributed by atoms with Crippen LogP contribution in [0.15, 0.2) is 29.3 Å². The largest absolute Gasteiger partial charge is 0.506 e. The quantitative estimate of drug-likeness (QED) is 0.435. The van der Waals surface area contributed by atoms with E-state index in [2.05, 4.69) is 20.1 Å². The zero-order valence-corrected chi connectivity index (χ0v) is 14.6. The van der Waals surface area contributed by atoms with Gasteiger partial charge in [-0.1, -0.05) is 12.1 Å². The highest BCUT2D eigenvalue weighted by molar-refractivity contribution is 5.80. The van der Waals surface area contributed by atoms with Crippen LogP contribution in [0, 0.1) is 0 Å². The van der Waals surface area contributed by atoms with Crippen molar-refractivity contribution in [3.05, 3.63) is 24.3 Å². The maximum atomic E-state index is 9.97. The van der Waals surface area contributed by atoms with Gasteiger partial charge in [-0.25, -0.2) is 0 Å². The van der Waals surface area contributed by atoms with Crippen molar-refractivity contribution in [2.75, 3.05) is 71.6 Å². The van der Waals surface area contributed by atoms with Crippen LogP contribution in [0.4, 0.5) is 5.69 Å². The maximum Gasteiger partial charge on any atom is 0.193 e. The fraction of sp³-hybridized carbons (Fsp3) is 0.588. The molecule has 0 saturated carbocycles. The molecule has 0 atom stereocenters. The lowest BCUT2D eigenvalue weighted by Gasteiger charge is -2.37. The van der Waals surface area contributed by atoms with Crippen LogP contribution in [0.5, 0.6) is 5.75 Å². The molecule has 2 N–H and O–H groups in total. The summed E-state index contributed by atoms with van der Waals surface area (Å²) in [5, 5.41) is 13.3. The summed E-state index contributed by atoms with van der Waals surface area (Å²) in [4.78, 5) is 8.77. The number of aromatic hydroxyl groups is 1. The molecule has 7 heteroatoms. The number of para-hydroxylation sites is 2. The van der Waals surface area contributed by atoms with Gasteiger partial charge < -0.3 is 29.7 Å². The molecular formula is C17H28N4O3. The molecule has 1 aliphatic rings. The van der Waals surface area contributed by atoms with E-state index in [9.17, 15) is 5.11 Å². The normalized spacial score (nSPS) is 15.7. The number of guanidine groups is 1. The van der Waals surface area contributed by atoms with Crippen LogP contribution >= 0.6 is 0 Å². The molecule has 0 spiro atoms. The minimum absolute atomic E-state index is 0.335. The summed E-state index contributed by atoms with van der Waals surface area (Å²) in [6.45, 7) is 5.98. The van der Waals surface area contributed by atoms with Gasteiger partial charge in [0.25, 0.3) is 0 Å². The summed E-state index contributed by atoms with van der Waals surface area (Å²) in [6, 6.07) is 7.47. The highest BCUT2D eigenvalue weighted by Gasteiger charge is 2.21. The topological polar surface area (TPSA) is 69.6 Å². The second-order valence-electron chi connectivity index (χ2n) is 5.54. The average Bonchev–Trinajstić information content (AvgIpc) is 2.62. The van der Waals surface area contributed by atoms with Crippen molar-refractivity contribution in [2.24, 2.45) is 4.99 Å². The number of methoxy groups -OCH3 is 1. The highest BCUT2D eigenvalue weighted by Crippen LogP contribution is 2.27. The van der Waals surface area contributed by atoms with Crippen molar-refractivity contribution in [1.82, 2.24) is 10.2 Å². The van der Waals surface area contributed by atoms with Gasteiger partial charge in [-0.3, -0.25) is 4.99 Å². The first-order valence-electron chi connectivity index (χ1n) is 8.31. The monoisotopic (exact) mass is 336 g/mol. The minimum Gasteiger partial charge on any atom is -0.506 e. The molecule has 0 radical (unpaired) electrons. The Morgan fingerprint density at radius 2 is 1.92 bits per heavy atom. The van der Waals surface area contributed by atoms with Crippen molar-refractivity contribution >= 4 is 11.6 Å². The van der Waals surface area contributed by atoms with E-state index < -0.39 is 0 Å². The van der Waals surface area contributed by atoms with E-state index in [-0.39, 0.29) is 0 Å². The van der Waals surface area contributed by atoms with Gasteiger partial charge in [-0.05, 0) is 12.1 Å². The van der Waals surface area contributed by atoms with Gasteiger partial charge in [0.15, 0.2) is 5.96 Å². The second-order valence-corrected chi connectivity index (χ2v) is 5.54. The molecule has 1 saturated heterocycles. The molecule has 0 bridgehead atoms. The van der Waals surface area contributed by atoms with Crippen LogP contribution in [-0.2, 0) is 9.47 Å². The molecule has 24 heavy (non-hydrogen) atoms. The number of nitrogens with one attached hydrogen (secondary N) is 1. The molecule has 2 rings (SSSR count). The Bertz CT molecular complexity index is 516. The van der Waals surface area contributed by atoms with Crippen LogP contribution in [0.3, 0.4) is 0 Å². The van der Waals surface area contributed by atoms with Crippen LogP contribution < -0.4 is 10.2 Å². The second kappa shape index (κ2) is 10.00. The summed E-state index contributed by atoms with van der Waals surface area (Å²) < 4.78 is 10.4. The lowest BCUT2D eigenvalue weighted by Crippen LogP contribution is -2.53. The van der Waals surface area contributed by atoms with Crippen molar-refractivity contribution in [1.29, 1.82) is 0 Å². The van der Waals surface area contributed by atoms with Crippen molar-refractivity contribution in [3.63, 3.8) is 0 Å². The summed E-state index contributed by atoms with van der Waals surface area (Å²) in [7, 11) is 3.46. The minimum atomic E-state index is 0.335. The Labute approximate surface area is 143 Å². The number of hydrogen-bond acceptors (Lipinski definition) is 5. The number of rotatable bonds is 7. The van der Waals surface area contributed by atoms with E-state index in [0.29, 0.717) is 25.6 Å². The SMILES string of the molecule is CN=C(NCCOCCOC)N1CCN(c2ccccc2O)CC1. The van der Waals surface area contributed by atoms with Gasteiger partial charge in [0, 0.05) is 46.9 Å². The van der Waals surface area contributed by atoms with Gasteiger partial charge in [0.2, 0.25) is 0 Å². The first-order chi connectivity index (χ1) is 11.8. The molecule has 0 aromatic heterocycles. The molecule has 1 fully saturated rings. The summed E-state index contributed by atoms with van der Waals surface area (Å²) in [6.07, 6.45) is 0. The summed E-state index contributed by atoms with van der Waals surface area (Å²) in [5.41, 5.74) is 0.895. The number of nitrogens with zero attached hydrogens (tertiary/aromatic N) is 3. The van der Waals surface area contributed by atoms with Crippen LogP contribution in [-0.4, -0.2) is 82.7 Å². The van der Waals surface area contributed by atoms with Crippen LogP contribution in [0.2, 0.25) is 0 Å². The van der Waals surface area contributed by atoms with Crippen molar-refractivity contribution in [2.45, 2.75) is 0 Å². The van der Waals surface area contributed by atoms with E-state index in [1.165, 1.54) is 0 Å². The van der Waals surface area contributed by atoms with E-state index in [1.54, 1.807) is 20.2 Å². The molecule has 1 aromatic carbocycles. The van der Waals surface area contributed by atoms with Crippen LogP contribution in [0.1, 0.15) is 0 Å². The Morgan fingerprint density at radius 3 is 2.58 bits per heavy atom. The Hall–Kier alpha value is -1.99. The standard InChI is InChI=1S/C17H28N4O3/c1-18-17(19-7-12-24-14-13-23-2)21-10-8-20(9-11-21)15-5-3-4-6-16(15)22/h3-6,22H,7-14H2,1-2H3,(H,18,19). The summed E-state index contributed by atoms with van der Waals surface area (Å²) >= 11 is 0. The number of piperazine rings is 1. The number of anilines is 1. The molecule has 0 amide bonds. The van der Waals surface area contributed by atoms with Gasteiger partial charge >= 0.3 is 0 Å². The lowest BCUT2D eigenvalue weighted by molar-refractivity contribution is 0.0731. The zero-order valence-electron chi connectivity index (χ0n) is 14.6.